The SMILES string of the molecule is CCC(C)(C)C(=O)N[C@@H](C(=O)NCc1ccccc1)c1ccccc1. The Labute approximate surface area is 149 Å². The minimum absolute atomic E-state index is 0.126. The molecule has 0 heterocycles. The van der Waals surface area contributed by atoms with Crippen molar-refractivity contribution in [2.45, 2.75) is 39.8 Å². The van der Waals surface area contributed by atoms with Crippen LogP contribution >= 0.6 is 0 Å². The molecule has 2 amide bonds. The monoisotopic (exact) mass is 338 g/mol. The van der Waals surface area contributed by atoms with Crippen molar-refractivity contribution in [3.63, 3.8) is 0 Å². The molecule has 4 nitrogen and oxygen atoms in total. The second kappa shape index (κ2) is 8.47. The molecular weight excluding hydrogens is 312 g/mol. The Morgan fingerprint density at radius 3 is 2.08 bits per heavy atom. The van der Waals surface area contributed by atoms with Crippen molar-refractivity contribution in [1.29, 1.82) is 0 Å². The maximum Gasteiger partial charge on any atom is 0.247 e. The Morgan fingerprint density at radius 2 is 1.52 bits per heavy atom. The van der Waals surface area contributed by atoms with E-state index in [9.17, 15) is 9.59 Å². The number of carbonyl (C=O) groups excluding carboxylic acids is 2. The predicted molar refractivity (Wildman–Crippen MR) is 99.7 cm³/mol. The minimum Gasteiger partial charge on any atom is -0.350 e. The van der Waals surface area contributed by atoms with Gasteiger partial charge in [0.2, 0.25) is 11.8 Å². The van der Waals surface area contributed by atoms with Gasteiger partial charge in [0.25, 0.3) is 0 Å². The molecule has 0 aliphatic rings. The van der Waals surface area contributed by atoms with Crippen LogP contribution in [0.2, 0.25) is 0 Å². The van der Waals surface area contributed by atoms with Gasteiger partial charge >= 0.3 is 0 Å². The first-order valence-electron chi connectivity index (χ1n) is 8.61. The van der Waals surface area contributed by atoms with Crippen molar-refractivity contribution in [3.8, 4) is 0 Å². The maximum absolute atomic E-state index is 12.7. The first kappa shape index (κ1) is 18.7. The van der Waals surface area contributed by atoms with Crippen molar-refractivity contribution >= 4 is 11.8 Å². The molecule has 0 unspecified atom stereocenters. The largest absolute Gasteiger partial charge is 0.350 e. The number of amides is 2. The maximum atomic E-state index is 12.7. The van der Waals surface area contributed by atoms with E-state index >= 15 is 0 Å². The van der Waals surface area contributed by atoms with Crippen LogP contribution in [0.25, 0.3) is 0 Å². The van der Waals surface area contributed by atoms with Crippen LogP contribution in [0, 0.1) is 5.41 Å². The second-order valence-electron chi connectivity index (χ2n) is 6.76. The highest BCUT2D eigenvalue weighted by atomic mass is 16.2. The lowest BCUT2D eigenvalue weighted by Gasteiger charge is -2.26. The normalized spacial score (nSPS) is 12.3. The summed E-state index contributed by atoms with van der Waals surface area (Å²) >= 11 is 0. The summed E-state index contributed by atoms with van der Waals surface area (Å²) in [6.07, 6.45) is 0.700. The summed E-state index contributed by atoms with van der Waals surface area (Å²) in [4.78, 5) is 25.3. The van der Waals surface area contributed by atoms with Crippen LogP contribution in [0.5, 0.6) is 0 Å². The van der Waals surface area contributed by atoms with E-state index in [1.807, 2.05) is 81.4 Å². The van der Waals surface area contributed by atoms with Crippen LogP contribution in [-0.2, 0) is 16.1 Å². The number of benzene rings is 2. The van der Waals surface area contributed by atoms with Crippen LogP contribution in [0.15, 0.2) is 60.7 Å². The zero-order valence-corrected chi connectivity index (χ0v) is 15.1. The molecule has 0 fully saturated rings. The molecule has 0 aliphatic carbocycles. The average molecular weight is 338 g/mol. The minimum atomic E-state index is -0.705. The molecule has 4 heteroatoms. The van der Waals surface area contributed by atoms with Crippen molar-refractivity contribution in [1.82, 2.24) is 10.6 Å². The lowest BCUT2D eigenvalue weighted by atomic mass is 9.88. The molecule has 0 aromatic heterocycles. The molecule has 2 rings (SSSR count). The van der Waals surface area contributed by atoms with Crippen LogP contribution in [-0.4, -0.2) is 11.8 Å². The van der Waals surface area contributed by atoms with Crippen molar-refractivity contribution < 1.29 is 9.59 Å². The van der Waals surface area contributed by atoms with E-state index in [0.717, 1.165) is 11.1 Å². The molecular formula is C21H26N2O2. The summed E-state index contributed by atoms with van der Waals surface area (Å²) < 4.78 is 0. The first-order valence-corrected chi connectivity index (χ1v) is 8.61. The van der Waals surface area contributed by atoms with Crippen molar-refractivity contribution in [2.24, 2.45) is 5.41 Å². The van der Waals surface area contributed by atoms with E-state index in [1.54, 1.807) is 0 Å². The van der Waals surface area contributed by atoms with Gasteiger partial charge in [0, 0.05) is 12.0 Å². The van der Waals surface area contributed by atoms with Gasteiger partial charge < -0.3 is 10.6 Å². The Morgan fingerprint density at radius 1 is 0.960 bits per heavy atom. The van der Waals surface area contributed by atoms with Gasteiger partial charge in [-0.05, 0) is 17.5 Å². The third-order valence-corrected chi connectivity index (χ3v) is 4.48. The smallest absolute Gasteiger partial charge is 0.247 e. The molecule has 0 bridgehead atoms. The fourth-order valence-electron chi connectivity index (χ4n) is 2.32. The molecule has 132 valence electrons. The van der Waals surface area contributed by atoms with E-state index in [0.29, 0.717) is 13.0 Å². The van der Waals surface area contributed by atoms with Gasteiger partial charge in [-0.2, -0.15) is 0 Å². The van der Waals surface area contributed by atoms with Crippen LogP contribution in [0.4, 0.5) is 0 Å². The lowest BCUT2D eigenvalue weighted by Crippen LogP contribution is -2.44. The fourth-order valence-corrected chi connectivity index (χ4v) is 2.32. The summed E-state index contributed by atoms with van der Waals surface area (Å²) in [7, 11) is 0. The molecule has 2 aromatic carbocycles. The van der Waals surface area contributed by atoms with E-state index in [2.05, 4.69) is 10.6 Å². The van der Waals surface area contributed by atoms with Crippen molar-refractivity contribution in [3.05, 3.63) is 71.8 Å². The van der Waals surface area contributed by atoms with Crippen LogP contribution in [0.3, 0.4) is 0 Å². The van der Waals surface area contributed by atoms with Gasteiger partial charge in [-0.15, -0.1) is 0 Å². The highest BCUT2D eigenvalue weighted by molar-refractivity contribution is 5.90. The topological polar surface area (TPSA) is 58.2 Å². The third kappa shape index (κ3) is 5.18. The molecule has 0 saturated carbocycles. The lowest BCUT2D eigenvalue weighted by molar-refractivity contribution is -0.134. The quantitative estimate of drug-likeness (QED) is 0.810. The first-order chi connectivity index (χ1) is 11.9. The van der Waals surface area contributed by atoms with Gasteiger partial charge in [-0.25, -0.2) is 0 Å². The van der Waals surface area contributed by atoms with Crippen LogP contribution in [0.1, 0.15) is 44.4 Å². The Bertz CT molecular complexity index is 696. The Balaban J connectivity index is 2.14. The number of hydrogen-bond acceptors (Lipinski definition) is 2. The highest BCUT2D eigenvalue weighted by Gasteiger charge is 2.30. The standard InChI is InChI=1S/C21H26N2O2/c1-4-21(2,3)20(25)23-18(17-13-9-6-10-14-17)19(24)22-15-16-11-7-5-8-12-16/h5-14,18H,4,15H2,1-3H3,(H,22,24)(H,23,25)/t18-/m1/s1. The number of rotatable bonds is 7. The summed E-state index contributed by atoms with van der Waals surface area (Å²) in [6.45, 7) is 6.15. The molecule has 25 heavy (non-hydrogen) atoms. The summed E-state index contributed by atoms with van der Waals surface area (Å²) in [6, 6.07) is 18.3. The van der Waals surface area contributed by atoms with Gasteiger partial charge in [0.15, 0.2) is 0 Å². The van der Waals surface area contributed by atoms with E-state index < -0.39 is 11.5 Å². The molecule has 2 N–H and O–H groups in total. The van der Waals surface area contributed by atoms with Gasteiger partial charge in [-0.3, -0.25) is 9.59 Å². The predicted octanol–water partition coefficient (Wildman–Crippen LogP) is 3.60. The molecule has 0 radical (unpaired) electrons. The van der Waals surface area contributed by atoms with E-state index in [4.69, 9.17) is 0 Å². The summed E-state index contributed by atoms with van der Waals surface area (Å²) in [5.74, 6) is -0.339. The number of carbonyl (C=O) groups is 2. The van der Waals surface area contributed by atoms with Crippen LogP contribution < -0.4 is 10.6 Å². The Hall–Kier alpha value is -2.62. The number of nitrogens with one attached hydrogen (secondary N) is 2. The molecule has 1 atom stereocenters. The molecule has 2 aromatic rings. The summed E-state index contributed by atoms with van der Waals surface area (Å²) in [5, 5.41) is 5.83. The second-order valence-corrected chi connectivity index (χ2v) is 6.76. The van der Waals surface area contributed by atoms with Crippen molar-refractivity contribution in [2.75, 3.05) is 0 Å². The zero-order chi connectivity index (χ0) is 18.3. The summed E-state index contributed by atoms with van der Waals surface area (Å²) in [5.41, 5.74) is 1.27. The molecule has 0 saturated heterocycles. The molecule has 0 aliphatic heterocycles. The highest BCUT2D eigenvalue weighted by Crippen LogP contribution is 2.22. The van der Waals surface area contributed by atoms with E-state index in [1.165, 1.54) is 0 Å². The average Bonchev–Trinajstić information content (AvgIpc) is 2.65. The fraction of sp³-hybridized carbons (Fsp3) is 0.333. The van der Waals surface area contributed by atoms with Gasteiger partial charge in [0.05, 0.1) is 0 Å². The third-order valence-electron chi connectivity index (χ3n) is 4.48. The van der Waals surface area contributed by atoms with E-state index in [-0.39, 0.29) is 11.8 Å². The molecule has 0 spiro atoms. The van der Waals surface area contributed by atoms with Gasteiger partial charge in [0.1, 0.15) is 6.04 Å². The zero-order valence-electron chi connectivity index (χ0n) is 15.1. The Kier molecular flexibility index (Phi) is 6.34. The van der Waals surface area contributed by atoms with Gasteiger partial charge in [-0.1, -0.05) is 81.4 Å². The number of hydrogen-bond donors (Lipinski definition) is 2.